The Balaban J connectivity index is 2.18. The molecule has 0 aliphatic heterocycles. The molecule has 0 atom stereocenters. The molecular formula is C21H26ClNO2. The molecule has 1 N–H and O–H groups in total. The molecular weight excluding hydrogens is 334 g/mol. The lowest BCUT2D eigenvalue weighted by Crippen LogP contribution is -2.42. The minimum atomic E-state index is -0.155. The number of hydrogen-bond donors (Lipinski definition) is 1. The van der Waals surface area contributed by atoms with E-state index < -0.39 is 0 Å². The number of carbonyl (C=O) groups excluding carboxylic acids is 1. The van der Waals surface area contributed by atoms with Gasteiger partial charge in [0.2, 0.25) is 0 Å². The largest absolute Gasteiger partial charge is 0.488 e. The van der Waals surface area contributed by atoms with Gasteiger partial charge in [-0.25, -0.2) is 0 Å². The predicted molar refractivity (Wildman–Crippen MR) is 103 cm³/mol. The molecule has 0 aliphatic carbocycles. The summed E-state index contributed by atoms with van der Waals surface area (Å²) in [5.41, 5.74) is 1.51. The predicted octanol–water partition coefficient (Wildman–Crippen LogP) is 5.33. The summed E-state index contributed by atoms with van der Waals surface area (Å²) in [6, 6.07) is 15.1. The van der Waals surface area contributed by atoms with Gasteiger partial charge in [-0.2, -0.15) is 0 Å². The number of benzene rings is 2. The molecule has 1 amide bonds. The van der Waals surface area contributed by atoms with Crippen LogP contribution in [0.5, 0.6) is 5.75 Å². The van der Waals surface area contributed by atoms with E-state index in [0.717, 1.165) is 5.56 Å². The summed E-state index contributed by atoms with van der Waals surface area (Å²) in [6.07, 6.45) is 0. The summed E-state index contributed by atoms with van der Waals surface area (Å²) in [6.45, 7) is 8.83. The Morgan fingerprint density at radius 1 is 1.04 bits per heavy atom. The highest BCUT2D eigenvalue weighted by molar-refractivity contribution is 6.31. The molecule has 0 heterocycles. The van der Waals surface area contributed by atoms with Gasteiger partial charge in [-0.05, 0) is 35.6 Å². The standard InChI is InChI=1S/C21H26ClNO2/c1-14(2)20(15(3)4)23-21(24)18-12-17(22)10-11-19(18)25-13-16-8-6-5-7-9-16/h5-12,14-15,20H,13H2,1-4H3,(H,23,24). The number of amides is 1. The average Bonchev–Trinajstić information content (AvgIpc) is 2.58. The van der Waals surface area contributed by atoms with Crippen LogP contribution in [0.1, 0.15) is 43.6 Å². The molecule has 2 aromatic carbocycles. The maximum absolute atomic E-state index is 12.8. The summed E-state index contributed by atoms with van der Waals surface area (Å²) < 4.78 is 5.88. The summed E-state index contributed by atoms with van der Waals surface area (Å²) >= 11 is 6.10. The Bertz CT molecular complexity index is 690. The third-order valence-corrected chi connectivity index (χ3v) is 4.39. The highest BCUT2D eigenvalue weighted by Crippen LogP contribution is 2.25. The minimum Gasteiger partial charge on any atom is -0.488 e. The highest BCUT2D eigenvalue weighted by atomic mass is 35.5. The van der Waals surface area contributed by atoms with Crippen molar-refractivity contribution in [3.63, 3.8) is 0 Å². The van der Waals surface area contributed by atoms with Crippen molar-refractivity contribution in [1.29, 1.82) is 0 Å². The van der Waals surface area contributed by atoms with Crippen molar-refractivity contribution in [2.75, 3.05) is 0 Å². The lowest BCUT2D eigenvalue weighted by atomic mass is 9.93. The number of hydrogen-bond acceptors (Lipinski definition) is 2. The fraction of sp³-hybridized carbons (Fsp3) is 0.381. The van der Waals surface area contributed by atoms with E-state index in [2.05, 4.69) is 33.0 Å². The van der Waals surface area contributed by atoms with Gasteiger partial charge in [0, 0.05) is 11.1 Å². The van der Waals surface area contributed by atoms with E-state index in [0.29, 0.717) is 34.8 Å². The molecule has 0 saturated heterocycles. The van der Waals surface area contributed by atoms with Gasteiger partial charge in [-0.15, -0.1) is 0 Å². The van der Waals surface area contributed by atoms with Crippen LogP contribution in [0, 0.1) is 11.8 Å². The minimum absolute atomic E-state index is 0.0912. The number of nitrogens with one attached hydrogen (secondary N) is 1. The first kappa shape index (κ1) is 19.3. The lowest BCUT2D eigenvalue weighted by molar-refractivity contribution is 0.0906. The molecule has 2 rings (SSSR count). The van der Waals surface area contributed by atoms with Gasteiger partial charge >= 0.3 is 0 Å². The second-order valence-electron chi connectivity index (χ2n) is 6.90. The molecule has 0 saturated carbocycles. The molecule has 0 bridgehead atoms. The van der Waals surface area contributed by atoms with Crippen molar-refractivity contribution in [1.82, 2.24) is 5.32 Å². The maximum Gasteiger partial charge on any atom is 0.255 e. The molecule has 3 nitrogen and oxygen atoms in total. The van der Waals surface area contributed by atoms with Crippen molar-refractivity contribution in [3.05, 3.63) is 64.7 Å². The Morgan fingerprint density at radius 2 is 1.68 bits per heavy atom. The van der Waals surface area contributed by atoms with E-state index in [-0.39, 0.29) is 11.9 Å². The maximum atomic E-state index is 12.8. The van der Waals surface area contributed by atoms with Crippen molar-refractivity contribution >= 4 is 17.5 Å². The molecule has 0 fully saturated rings. The summed E-state index contributed by atoms with van der Waals surface area (Å²) in [7, 11) is 0. The van der Waals surface area contributed by atoms with Gasteiger partial charge in [-0.3, -0.25) is 4.79 Å². The van der Waals surface area contributed by atoms with Crippen LogP contribution in [-0.4, -0.2) is 11.9 Å². The Hall–Kier alpha value is -2.00. The van der Waals surface area contributed by atoms with Gasteiger partial charge < -0.3 is 10.1 Å². The summed E-state index contributed by atoms with van der Waals surface area (Å²) in [4.78, 5) is 12.8. The SMILES string of the molecule is CC(C)C(NC(=O)c1cc(Cl)ccc1OCc1ccccc1)C(C)C. The summed E-state index contributed by atoms with van der Waals surface area (Å²) in [5.74, 6) is 1.07. The highest BCUT2D eigenvalue weighted by Gasteiger charge is 2.22. The number of ether oxygens (including phenoxy) is 1. The van der Waals surface area contributed by atoms with Gasteiger partial charge in [0.05, 0.1) is 5.56 Å². The Morgan fingerprint density at radius 3 is 2.28 bits per heavy atom. The van der Waals surface area contributed by atoms with Gasteiger partial charge in [0.25, 0.3) is 5.91 Å². The molecule has 25 heavy (non-hydrogen) atoms. The van der Waals surface area contributed by atoms with Crippen molar-refractivity contribution in [2.24, 2.45) is 11.8 Å². The molecule has 0 spiro atoms. The molecule has 0 aromatic heterocycles. The van der Waals surface area contributed by atoms with Crippen molar-refractivity contribution in [3.8, 4) is 5.75 Å². The third kappa shape index (κ3) is 5.50. The van der Waals surface area contributed by atoms with Crippen molar-refractivity contribution < 1.29 is 9.53 Å². The average molecular weight is 360 g/mol. The normalized spacial score (nSPS) is 11.2. The van der Waals surface area contributed by atoms with Crippen LogP contribution in [0.15, 0.2) is 48.5 Å². The first-order valence-corrected chi connectivity index (χ1v) is 9.03. The Kier molecular flexibility index (Phi) is 6.89. The van der Waals surface area contributed by atoms with Crippen LogP contribution in [-0.2, 0) is 6.61 Å². The molecule has 2 aromatic rings. The second-order valence-corrected chi connectivity index (χ2v) is 7.34. The van der Waals surface area contributed by atoms with E-state index in [9.17, 15) is 4.79 Å². The van der Waals surface area contributed by atoms with Crippen LogP contribution < -0.4 is 10.1 Å². The van der Waals surface area contributed by atoms with E-state index in [1.165, 1.54) is 0 Å². The van der Waals surface area contributed by atoms with Crippen LogP contribution in [0.25, 0.3) is 0 Å². The Labute approximate surface area is 155 Å². The van der Waals surface area contributed by atoms with Crippen LogP contribution >= 0.6 is 11.6 Å². The fourth-order valence-electron chi connectivity index (χ4n) is 2.87. The van der Waals surface area contributed by atoms with Crippen LogP contribution in [0.3, 0.4) is 0 Å². The second kappa shape index (κ2) is 8.91. The van der Waals surface area contributed by atoms with E-state index in [1.807, 2.05) is 30.3 Å². The number of rotatable bonds is 7. The van der Waals surface area contributed by atoms with Crippen LogP contribution in [0.4, 0.5) is 0 Å². The zero-order valence-corrected chi connectivity index (χ0v) is 16.0. The summed E-state index contributed by atoms with van der Waals surface area (Å²) in [5, 5.41) is 3.64. The fourth-order valence-corrected chi connectivity index (χ4v) is 3.05. The topological polar surface area (TPSA) is 38.3 Å². The number of carbonyl (C=O) groups is 1. The van der Waals surface area contributed by atoms with E-state index >= 15 is 0 Å². The van der Waals surface area contributed by atoms with Crippen LogP contribution in [0.2, 0.25) is 5.02 Å². The van der Waals surface area contributed by atoms with Crippen molar-refractivity contribution in [2.45, 2.75) is 40.3 Å². The van der Waals surface area contributed by atoms with Gasteiger partial charge in [0.15, 0.2) is 0 Å². The van der Waals surface area contributed by atoms with E-state index in [1.54, 1.807) is 18.2 Å². The molecule has 0 aliphatic rings. The third-order valence-electron chi connectivity index (χ3n) is 4.16. The first-order chi connectivity index (χ1) is 11.9. The molecule has 4 heteroatoms. The molecule has 134 valence electrons. The first-order valence-electron chi connectivity index (χ1n) is 8.65. The zero-order valence-electron chi connectivity index (χ0n) is 15.3. The number of halogens is 1. The molecule has 0 unspecified atom stereocenters. The van der Waals surface area contributed by atoms with Gasteiger partial charge in [-0.1, -0.05) is 69.6 Å². The van der Waals surface area contributed by atoms with E-state index in [4.69, 9.17) is 16.3 Å². The smallest absolute Gasteiger partial charge is 0.255 e. The zero-order chi connectivity index (χ0) is 18.4. The lowest BCUT2D eigenvalue weighted by Gasteiger charge is -2.26. The van der Waals surface area contributed by atoms with Gasteiger partial charge in [0.1, 0.15) is 12.4 Å². The quantitative estimate of drug-likeness (QED) is 0.725. The monoisotopic (exact) mass is 359 g/mol. The molecule has 0 radical (unpaired) electrons.